The summed E-state index contributed by atoms with van der Waals surface area (Å²) in [6.07, 6.45) is 3.73. The van der Waals surface area contributed by atoms with Crippen LogP contribution < -0.4 is 10.1 Å². The van der Waals surface area contributed by atoms with Crippen molar-refractivity contribution >= 4 is 11.7 Å². The zero-order valence-electron chi connectivity index (χ0n) is 15.3. The number of carbonyl (C=O) groups excluding carboxylic acids is 1. The molecule has 132 valence electrons. The van der Waals surface area contributed by atoms with Crippen LogP contribution in [0.15, 0.2) is 30.5 Å². The van der Waals surface area contributed by atoms with Crippen molar-refractivity contribution in [2.45, 2.75) is 39.7 Å². The summed E-state index contributed by atoms with van der Waals surface area (Å²) < 4.78 is 5.41. The van der Waals surface area contributed by atoms with Gasteiger partial charge in [-0.05, 0) is 68.5 Å². The zero-order chi connectivity index (χ0) is 18.0. The van der Waals surface area contributed by atoms with Crippen LogP contribution in [0.2, 0.25) is 0 Å². The number of amides is 2. The number of hydrogen-bond donors (Lipinski definition) is 1. The number of rotatable bonds is 3. The lowest BCUT2D eigenvalue weighted by molar-refractivity contribution is 0.206. The standard InChI is InChI=1S/C20H25N3O2/c1-13-12-18(25-4)14(2)15(3)19(13)22-20(24)23-11-7-9-17(23)16-8-5-6-10-21-16/h5-6,8,10,12,17H,7,9,11H2,1-4H3,(H,22,24). The number of urea groups is 1. The molecule has 3 rings (SSSR count). The summed E-state index contributed by atoms with van der Waals surface area (Å²) in [4.78, 5) is 19.2. The second-order valence-electron chi connectivity index (χ2n) is 6.56. The summed E-state index contributed by atoms with van der Waals surface area (Å²) >= 11 is 0. The molecule has 1 aliphatic rings. The number of aryl methyl sites for hydroxylation is 1. The van der Waals surface area contributed by atoms with E-state index in [0.717, 1.165) is 53.2 Å². The molecule has 1 saturated heterocycles. The molecule has 0 spiro atoms. The van der Waals surface area contributed by atoms with Crippen molar-refractivity contribution in [3.8, 4) is 5.75 Å². The average Bonchev–Trinajstić information content (AvgIpc) is 3.12. The molecule has 25 heavy (non-hydrogen) atoms. The molecule has 0 bridgehead atoms. The molecule has 1 aliphatic heterocycles. The molecule has 1 aromatic carbocycles. The Morgan fingerprint density at radius 3 is 2.76 bits per heavy atom. The van der Waals surface area contributed by atoms with Gasteiger partial charge in [-0.1, -0.05) is 6.07 Å². The highest BCUT2D eigenvalue weighted by Gasteiger charge is 2.31. The highest BCUT2D eigenvalue weighted by Crippen LogP contribution is 2.34. The molecule has 0 saturated carbocycles. The Hall–Kier alpha value is -2.56. The van der Waals surface area contributed by atoms with Gasteiger partial charge in [0.2, 0.25) is 0 Å². The van der Waals surface area contributed by atoms with E-state index < -0.39 is 0 Å². The number of methoxy groups -OCH3 is 1. The molecule has 0 aliphatic carbocycles. The van der Waals surface area contributed by atoms with E-state index in [0.29, 0.717) is 0 Å². The van der Waals surface area contributed by atoms with Gasteiger partial charge < -0.3 is 15.0 Å². The fourth-order valence-corrected chi connectivity index (χ4v) is 3.52. The predicted molar refractivity (Wildman–Crippen MR) is 99.1 cm³/mol. The first-order valence-electron chi connectivity index (χ1n) is 8.66. The van der Waals surface area contributed by atoms with Gasteiger partial charge in [0.25, 0.3) is 0 Å². The lowest BCUT2D eigenvalue weighted by atomic mass is 10.0. The van der Waals surface area contributed by atoms with Gasteiger partial charge in [-0.15, -0.1) is 0 Å². The minimum Gasteiger partial charge on any atom is -0.496 e. The van der Waals surface area contributed by atoms with Gasteiger partial charge in [0.1, 0.15) is 5.75 Å². The molecule has 1 N–H and O–H groups in total. The second-order valence-corrected chi connectivity index (χ2v) is 6.56. The number of anilines is 1. The lowest BCUT2D eigenvalue weighted by Gasteiger charge is -2.26. The summed E-state index contributed by atoms with van der Waals surface area (Å²) in [6.45, 7) is 6.77. The van der Waals surface area contributed by atoms with E-state index in [1.165, 1.54) is 0 Å². The second kappa shape index (κ2) is 7.13. The van der Waals surface area contributed by atoms with E-state index in [2.05, 4.69) is 10.3 Å². The first-order chi connectivity index (χ1) is 12.0. The van der Waals surface area contributed by atoms with Crippen LogP contribution in [0.1, 0.15) is 41.3 Å². The Morgan fingerprint density at radius 1 is 1.28 bits per heavy atom. The van der Waals surface area contributed by atoms with E-state index in [-0.39, 0.29) is 12.1 Å². The average molecular weight is 339 g/mol. The van der Waals surface area contributed by atoms with Crippen LogP contribution in [0.25, 0.3) is 0 Å². The quantitative estimate of drug-likeness (QED) is 0.902. The van der Waals surface area contributed by atoms with Gasteiger partial charge in [0.15, 0.2) is 0 Å². The Morgan fingerprint density at radius 2 is 2.08 bits per heavy atom. The number of nitrogens with one attached hydrogen (secondary N) is 1. The van der Waals surface area contributed by atoms with E-state index >= 15 is 0 Å². The minimum absolute atomic E-state index is 0.0427. The van der Waals surface area contributed by atoms with Crippen molar-refractivity contribution in [3.63, 3.8) is 0 Å². The molecular formula is C20H25N3O2. The molecule has 5 nitrogen and oxygen atoms in total. The van der Waals surface area contributed by atoms with Gasteiger partial charge in [0, 0.05) is 18.4 Å². The van der Waals surface area contributed by atoms with Crippen LogP contribution in [0.5, 0.6) is 5.75 Å². The van der Waals surface area contributed by atoms with Crippen LogP contribution in [0, 0.1) is 20.8 Å². The Balaban J connectivity index is 1.84. The van der Waals surface area contributed by atoms with Gasteiger partial charge >= 0.3 is 6.03 Å². The summed E-state index contributed by atoms with van der Waals surface area (Å²) in [6, 6.07) is 7.81. The van der Waals surface area contributed by atoms with Gasteiger partial charge in [-0.2, -0.15) is 0 Å². The van der Waals surface area contributed by atoms with E-state index in [4.69, 9.17) is 4.74 Å². The van der Waals surface area contributed by atoms with Gasteiger partial charge in [-0.25, -0.2) is 4.79 Å². The van der Waals surface area contributed by atoms with Gasteiger partial charge in [-0.3, -0.25) is 4.98 Å². The third-order valence-corrected chi connectivity index (χ3v) is 5.04. The van der Waals surface area contributed by atoms with Crippen molar-refractivity contribution in [1.82, 2.24) is 9.88 Å². The largest absolute Gasteiger partial charge is 0.496 e. The van der Waals surface area contributed by atoms with Crippen LogP contribution in [0.3, 0.4) is 0 Å². The molecule has 2 aromatic rings. The maximum atomic E-state index is 12.9. The summed E-state index contributed by atoms with van der Waals surface area (Å²) in [5, 5.41) is 3.12. The molecule has 1 fully saturated rings. The molecular weight excluding hydrogens is 314 g/mol. The third-order valence-electron chi connectivity index (χ3n) is 5.04. The van der Waals surface area contributed by atoms with E-state index in [1.807, 2.05) is 49.9 Å². The maximum absolute atomic E-state index is 12.9. The maximum Gasteiger partial charge on any atom is 0.322 e. The number of nitrogens with zero attached hydrogens (tertiary/aromatic N) is 2. The van der Waals surface area contributed by atoms with Gasteiger partial charge in [0.05, 0.1) is 18.8 Å². The van der Waals surface area contributed by atoms with Crippen molar-refractivity contribution in [1.29, 1.82) is 0 Å². The smallest absolute Gasteiger partial charge is 0.322 e. The first-order valence-corrected chi connectivity index (χ1v) is 8.66. The normalized spacial score (nSPS) is 16.8. The Labute approximate surface area is 149 Å². The fraction of sp³-hybridized carbons (Fsp3) is 0.400. The summed E-state index contributed by atoms with van der Waals surface area (Å²) in [5.74, 6) is 0.848. The molecule has 1 atom stereocenters. The number of carbonyl (C=O) groups is 1. The summed E-state index contributed by atoms with van der Waals surface area (Å²) in [5.41, 5.74) is 4.91. The van der Waals surface area contributed by atoms with Crippen molar-refractivity contribution in [2.75, 3.05) is 19.0 Å². The third kappa shape index (κ3) is 3.31. The van der Waals surface area contributed by atoms with Crippen LogP contribution >= 0.6 is 0 Å². The van der Waals surface area contributed by atoms with Crippen molar-refractivity contribution in [3.05, 3.63) is 52.8 Å². The van der Waals surface area contributed by atoms with Crippen molar-refractivity contribution < 1.29 is 9.53 Å². The number of ether oxygens (including phenoxy) is 1. The molecule has 0 radical (unpaired) electrons. The fourth-order valence-electron chi connectivity index (χ4n) is 3.52. The lowest BCUT2D eigenvalue weighted by Crippen LogP contribution is -2.35. The number of likely N-dealkylation sites (tertiary alicyclic amines) is 1. The summed E-state index contributed by atoms with van der Waals surface area (Å²) in [7, 11) is 1.67. The highest BCUT2D eigenvalue weighted by molar-refractivity contribution is 5.92. The number of pyridine rings is 1. The zero-order valence-corrected chi connectivity index (χ0v) is 15.3. The minimum atomic E-state index is -0.0658. The molecule has 2 heterocycles. The Kier molecular flexibility index (Phi) is 4.93. The van der Waals surface area contributed by atoms with E-state index in [9.17, 15) is 4.79 Å². The molecule has 5 heteroatoms. The first kappa shape index (κ1) is 17.3. The van der Waals surface area contributed by atoms with E-state index in [1.54, 1.807) is 13.3 Å². The monoisotopic (exact) mass is 339 g/mol. The molecule has 1 aromatic heterocycles. The number of hydrogen-bond acceptors (Lipinski definition) is 3. The molecule has 1 unspecified atom stereocenters. The SMILES string of the molecule is COc1cc(C)c(NC(=O)N2CCCC2c2ccccn2)c(C)c1C. The topological polar surface area (TPSA) is 54.5 Å². The molecule has 2 amide bonds. The van der Waals surface area contributed by atoms with Crippen LogP contribution in [-0.2, 0) is 0 Å². The van der Waals surface area contributed by atoms with Crippen molar-refractivity contribution in [2.24, 2.45) is 0 Å². The highest BCUT2D eigenvalue weighted by atomic mass is 16.5. The number of benzene rings is 1. The van der Waals surface area contributed by atoms with Crippen LogP contribution in [0.4, 0.5) is 10.5 Å². The van der Waals surface area contributed by atoms with Crippen LogP contribution in [-0.4, -0.2) is 29.6 Å². The Bertz CT molecular complexity index is 774. The number of aromatic nitrogens is 1. The predicted octanol–water partition coefficient (Wildman–Crippen LogP) is 4.38.